The average molecular weight is 290 g/mol. The summed E-state index contributed by atoms with van der Waals surface area (Å²) in [7, 11) is 0. The molecular weight excluding hydrogens is 264 g/mol. The highest BCUT2D eigenvalue weighted by atomic mass is 16.5. The van der Waals surface area contributed by atoms with E-state index in [1.54, 1.807) is 0 Å². The van der Waals surface area contributed by atoms with Gasteiger partial charge in [-0.25, -0.2) is 4.79 Å². The second-order valence-electron chi connectivity index (χ2n) is 5.66. The molecule has 4 heteroatoms. The van der Waals surface area contributed by atoms with E-state index in [1.807, 2.05) is 18.2 Å². The highest BCUT2D eigenvalue weighted by Crippen LogP contribution is 2.17. The molecule has 116 valence electrons. The van der Waals surface area contributed by atoms with E-state index in [1.165, 1.54) is 12.0 Å². The molecule has 21 heavy (non-hydrogen) atoms. The van der Waals surface area contributed by atoms with Gasteiger partial charge in [-0.1, -0.05) is 31.5 Å². The molecule has 0 radical (unpaired) electrons. The summed E-state index contributed by atoms with van der Waals surface area (Å²) in [5, 5.41) is 5.89. The minimum absolute atomic E-state index is 0.115. The third-order valence-electron chi connectivity index (χ3n) is 3.88. The van der Waals surface area contributed by atoms with Gasteiger partial charge in [-0.05, 0) is 43.2 Å². The van der Waals surface area contributed by atoms with Crippen LogP contribution in [0.4, 0.5) is 10.5 Å². The summed E-state index contributed by atoms with van der Waals surface area (Å²) in [4.78, 5) is 12.0. The van der Waals surface area contributed by atoms with Crippen molar-refractivity contribution in [1.82, 2.24) is 5.32 Å². The zero-order valence-electron chi connectivity index (χ0n) is 12.9. The van der Waals surface area contributed by atoms with E-state index in [2.05, 4.69) is 23.6 Å². The summed E-state index contributed by atoms with van der Waals surface area (Å²) < 4.78 is 5.45. The van der Waals surface area contributed by atoms with Crippen LogP contribution in [-0.2, 0) is 11.2 Å². The number of ether oxygens (including phenoxy) is 1. The van der Waals surface area contributed by atoms with Gasteiger partial charge in [0, 0.05) is 25.4 Å². The zero-order valence-corrected chi connectivity index (χ0v) is 12.9. The number of carbonyl (C=O) groups is 1. The van der Waals surface area contributed by atoms with Crippen LogP contribution in [0, 0.1) is 5.92 Å². The van der Waals surface area contributed by atoms with E-state index in [-0.39, 0.29) is 6.03 Å². The van der Waals surface area contributed by atoms with E-state index < -0.39 is 0 Å². The summed E-state index contributed by atoms with van der Waals surface area (Å²) in [5.41, 5.74) is 2.11. The van der Waals surface area contributed by atoms with Gasteiger partial charge in [0.05, 0.1) is 0 Å². The van der Waals surface area contributed by atoms with Crippen molar-refractivity contribution < 1.29 is 9.53 Å². The quantitative estimate of drug-likeness (QED) is 0.841. The summed E-state index contributed by atoms with van der Waals surface area (Å²) in [6.07, 6.45) is 5.39. The topological polar surface area (TPSA) is 50.4 Å². The summed E-state index contributed by atoms with van der Waals surface area (Å²) in [5.74, 6) is 0.589. The third-order valence-corrected chi connectivity index (χ3v) is 3.88. The van der Waals surface area contributed by atoms with Gasteiger partial charge in [-0.3, -0.25) is 0 Å². The van der Waals surface area contributed by atoms with Crippen LogP contribution < -0.4 is 10.6 Å². The van der Waals surface area contributed by atoms with Gasteiger partial charge in [0.1, 0.15) is 0 Å². The largest absolute Gasteiger partial charge is 0.381 e. The van der Waals surface area contributed by atoms with Crippen molar-refractivity contribution in [3.63, 3.8) is 0 Å². The van der Waals surface area contributed by atoms with E-state index >= 15 is 0 Å². The van der Waals surface area contributed by atoms with E-state index in [0.29, 0.717) is 12.5 Å². The fourth-order valence-corrected chi connectivity index (χ4v) is 2.72. The fourth-order valence-electron chi connectivity index (χ4n) is 2.72. The van der Waals surface area contributed by atoms with Crippen LogP contribution in [-0.4, -0.2) is 25.8 Å². The van der Waals surface area contributed by atoms with Gasteiger partial charge < -0.3 is 15.4 Å². The SMILES string of the molecule is CCCc1ccccc1NC(=O)NCCC1CCCOC1. The molecule has 1 unspecified atom stereocenters. The van der Waals surface area contributed by atoms with E-state index in [0.717, 1.165) is 44.6 Å². The van der Waals surface area contributed by atoms with Crippen molar-refractivity contribution in [2.24, 2.45) is 5.92 Å². The van der Waals surface area contributed by atoms with Gasteiger partial charge in [-0.15, -0.1) is 0 Å². The first kappa shape index (κ1) is 15.8. The van der Waals surface area contributed by atoms with Crippen LogP contribution in [0.3, 0.4) is 0 Å². The lowest BCUT2D eigenvalue weighted by Crippen LogP contribution is -2.32. The van der Waals surface area contributed by atoms with Crippen molar-refractivity contribution in [3.8, 4) is 0 Å². The normalized spacial score (nSPS) is 18.2. The molecule has 1 heterocycles. The number of hydrogen-bond acceptors (Lipinski definition) is 2. The molecule has 2 N–H and O–H groups in total. The van der Waals surface area contributed by atoms with Crippen LogP contribution in [0.5, 0.6) is 0 Å². The summed E-state index contributed by atoms with van der Waals surface area (Å²) in [6.45, 7) is 4.57. The van der Waals surface area contributed by atoms with Gasteiger partial charge in [0.15, 0.2) is 0 Å². The molecule has 0 aromatic heterocycles. The number of para-hydroxylation sites is 1. The molecule has 1 atom stereocenters. The number of hydrogen-bond donors (Lipinski definition) is 2. The van der Waals surface area contributed by atoms with Crippen LogP contribution in [0.25, 0.3) is 0 Å². The van der Waals surface area contributed by atoms with E-state index in [9.17, 15) is 4.79 Å². The number of anilines is 1. The number of amides is 2. The van der Waals surface area contributed by atoms with E-state index in [4.69, 9.17) is 4.74 Å². The smallest absolute Gasteiger partial charge is 0.319 e. The van der Waals surface area contributed by atoms with Crippen molar-refractivity contribution >= 4 is 11.7 Å². The molecule has 1 aromatic carbocycles. The Balaban J connectivity index is 1.73. The first-order chi connectivity index (χ1) is 10.3. The van der Waals surface area contributed by atoms with Crippen molar-refractivity contribution in [2.75, 3.05) is 25.1 Å². The molecular formula is C17H26N2O2. The number of aryl methyl sites for hydroxylation is 1. The molecule has 0 spiro atoms. The number of nitrogens with one attached hydrogen (secondary N) is 2. The maximum absolute atomic E-state index is 12.0. The first-order valence-electron chi connectivity index (χ1n) is 8.00. The van der Waals surface area contributed by atoms with Crippen molar-refractivity contribution in [3.05, 3.63) is 29.8 Å². The highest BCUT2D eigenvalue weighted by Gasteiger charge is 2.14. The average Bonchev–Trinajstić information content (AvgIpc) is 2.50. The predicted molar refractivity (Wildman–Crippen MR) is 85.6 cm³/mol. The van der Waals surface area contributed by atoms with Gasteiger partial charge >= 0.3 is 6.03 Å². The Kier molecular flexibility index (Phi) is 6.54. The van der Waals surface area contributed by atoms with Gasteiger partial charge in [0.2, 0.25) is 0 Å². The molecule has 1 aliphatic rings. The van der Waals surface area contributed by atoms with Crippen LogP contribution in [0.2, 0.25) is 0 Å². The molecule has 1 fully saturated rings. The lowest BCUT2D eigenvalue weighted by molar-refractivity contribution is 0.0520. The maximum Gasteiger partial charge on any atom is 0.319 e. The maximum atomic E-state index is 12.0. The molecule has 1 aliphatic heterocycles. The van der Waals surface area contributed by atoms with Gasteiger partial charge in [-0.2, -0.15) is 0 Å². The van der Waals surface area contributed by atoms with Crippen LogP contribution in [0.15, 0.2) is 24.3 Å². The van der Waals surface area contributed by atoms with Crippen molar-refractivity contribution in [1.29, 1.82) is 0 Å². The van der Waals surface area contributed by atoms with Gasteiger partial charge in [0.25, 0.3) is 0 Å². The second kappa shape index (κ2) is 8.67. The molecule has 0 bridgehead atoms. The highest BCUT2D eigenvalue weighted by molar-refractivity contribution is 5.90. The number of urea groups is 1. The number of rotatable bonds is 6. The Hall–Kier alpha value is -1.55. The molecule has 2 rings (SSSR count). The molecule has 2 amide bonds. The summed E-state index contributed by atoms with van der Waals surface area (Å²) in [6, 6.07) is 7.87. The number of benzene rings is 1. The van der Waals surface area contributed by atoms with Crippen LogP contribution >= 0.6 is 0 Å². The Morgan fingerprint density at radius 2 is 2.24 bits per heavy atom. The molecule has 0 aliphatic carbocycles. The Labute approximate surface area is 127 Å². The standard InChI is InChI=1S/C17H26N2O2/c1-2-6-15-8-3-4-9-16(15)19-17(20)18-11-10-14-7-5-12-21-13-14/h3-4,8-9,14H,2,5-7,10-13H2,1H3,(H2,18,19,20). The Morgan fingerprint density at radius 3 is 3.00 bits per heavy atom. The monoisotopic (exact) mass is 290 g/mol. The predicted octanol–water partition coefficient (Wildman–Crippen LogP) is 3.58. The number of carbonyl (C=O) groups excluding carboxylic acids is 1. The summed E-state index contributed by atoms with van der Waals surface area (Å²) >= 11 is 0. The minimum atomic E-state index is -0.115. The fraction of sp³-hybridized carbons (Fsp3) is 0.588. The first-order valence-corrected chi connectivity index (χ1v) is 8.00. The van der Waals surface area contributed by atoms with Crippen molar-refractivity contribution in [2.45, 2.75) is 39.0 Å². The molecule has 1 aromatic rings. The molecule has 4 nitrogen and oxygen atoms in total. The van der Waals surface area contributed by atoms with Crippen LogP contribution in [0.1, 0.15) is 38.2 Å². The second-order valence-corrected chi connectivity index (χ2v) is 5.66. The lowest BCUT2D eigenvalue weighted by atomic mass is 9.99. The molecule has 1 saturated heterocycles. The zero-order chi connectivity index (χ0) is 14.9. The minimum Gasteiger partial charge on any atom is -0.381 e. The Morgan fingerprint density at radius 1 is 1.38 bits per heavy atom. The molecule has 0 saturated carbocycles. The Bertz CT molecular complexity index is 442. The third kappa shape index (κ3) is 5.38. The lowest BCUT2D eigenvalue weighted by Gasteiger charge is -2.22.